The van der Waals surface area contributed by atoms with E-state index in [-0.39, 0.29) is 24.8 Å². The summed E-state index contributed by atoms with van der Waals surface area (Å²) in [6.45, 7) is 7.84. The standard InChI is InChI=1S/C11H18NSi.C5H5.2ClH.Zr/c1-13(2,11-7-3-4-8-11)12-9-5-6-10-12;1-2-4-5-3-1;;;/h3,7H,4-6,9-10H2,1-2H3;1-3H,4H2;2*1H;. The molecule has 1 heterocycles. The van der Waals surface area contributed by atoms with Crippen molar-refractivity contribution in [2.75, 3.05) is 13.1 Å². The van der Waals surface area contributed by atoms with Crippen LogP contribution in [0.25, 0.3) is 0 Å². The third-order valence-electron chi connectivity index (χ3n) is 4.57. The first kappa shape index (κ1) is 19.6. The van der Waals surface area contributed by atoms with Crippen molar-refractivity contribution >= 4 is 33.0 Å². The van der Waals surface area contributed by atoms with Crippen LogP contribution in [0.3, 0.4) is 0 Å². The fraction of sp³-hybridized carbons (Fsp3) is 0.500. The van der Waals surface area contributed by atoms with Crippen LogP contribution < -0.4 is 0 Å². The minimum absolute atomic E-state index is 0. The molecule has 0 aromatic carbocycles. The molecule has 0 bridgehead atoms. The van der Waals surface area contributed by atoms with Crippen molar-refractivity contribution in [3.05, 3.63) is 42.1 Å². The van der Waals surface area contributed by atoms with E-state index in [1.165, 1.54) is 38.8 Å². The van der Waals surface area contributed by atoms with Gasteiger partial charge in [-0.3, -0.25) is 0 Å². The smallest absolute Gasteiger partial charge is 0.147 e. The minimum Gasteiger partial charge on any atom is -0.147 e. The molecule has 0 spiro atoms. The number of nitrogens with zero attached hydrogens (tertiary/aromatic N) is 1. The number of rotatable bonds is 4. The van der Waals surface area contributed by atoms with Crippen molar-refractivity contribution in [2.45, 2.75) is 38.8 Å². The van der Waals surface area contributed by atoms with Crippen LogP contribution in [0.1, 0.15) is 25.7 Å². The Kier molecular flexibility index (Phi) is 7.91. The summed E-state index contributed by atoms with van der Waals surface area (Å²) < 4.78 is 6.48. The Morgan fingerprint density at radius 1 is 1.05 bits per heavy atom. The van der Waals surface area contributed by atoms with E-state index in [2.05, 4.69) is 48.0 Å². The molecule has 1 saturated heterocycles. The van der Waals surface area contributed by atoms with E-state index >= 15 is 0 Å². The molecule has 0 aromatic rings. The van der Waals surface area contributed by atoms with Crippen LogP contribution in [0, 0.1) is 0 Å². The van der Waals surface area contributed by atoms with E-state index in [0.717, 1.165) is 0 Å². The van der Waals surface area contributed by atoms with Crippen LogP contribution in [0.2, 0.25) is 13.1 Å². The average molecular weight is 422 g/mol. The molecular formula is C16H25Cl2NSiZr. The van der Waals surface area contributed by atoms with Gasteiger partial charge in [-0.25, -0.2) is 0 Å². The summed E-state index contributed by atoms with van der Waals surface area (Å²) in [4.78, 5) is 0. The summed E-state index contributed by atoms with van der Waals surface area (Å²) in [5, 5.41) is 1.80. The fourth-order valence-electron chi connectivity index (χ4n) is 3.38. The molecule has 5 heteroatoms. The van der Waals surface area contributed by atoms with Gasteiger partial charge in [0.2, 0.25) is 0 Å². The Balaban J connectivity index is 0.00000110. The Hall–Kier alpha value is 0.600. The summed E-state index contributed by atoms with van der Waals surface area (Å²) in [7, 11) is -1.35. The number of allylic oxidation sites excluding steroid dienone is 8. The summed E-state index contributed by atoms with van der Waals surface area (Å²) >= 11 is -0.474. The van der Waals surface area contributed by atoms with Crippen LogP contribution in [0.5, 0.6) is 0 Å². The molecule has 0 unspecified atom stereocenters. The van der Waals surface area contributed by atoms with Gasteiger partial charge in [0.15, 0.2) is 0 Å². The van der Waals surface area contributed by atoms with Crippen molar-refractivity contribution in [1.82, 2.24) is 4.57 Å². The molecule has 3 rings (SSSR count). The minimum atomic E-state index is -1.35. The van der Waals surface area contributed by atoms with Gasteiger partial charge in [-0.05, 0) is 0 Å². The van der Waals surface area contributed by atoms with Crippen LogP contribution in [0.15, 0.2) is 42.1 Å². The van der Waals surface area contributed by atoms with Crippen molar-refractivity contribution in [3.63, 3.8) is 0 Å². The summed E-state index contributed by atoms with van der Waals surface area (Å²) in [6.07, 6.45) is 17.2. The molecule has 0 atom stereocenters. The predicted octanol–water partition coefficient (Wildman–Crippen LogP) is 4.81. The van der Waals surface area contributed by atoms with E-state index in [1.54, 1.807) is 8.48 Å². The largest absolute Gasteiger partial charge is 0.147 e. The third-order valence-corrected chi connectivity index (χ3v) is 12.6. The second-order valence-electron chi connectivity index (χ2n) is 6.20. The number of hydrogen-bond donors (Lipinski definition) is 0. The van der Waals surface area contributed by atoms with E-state index in [9.17, 15) is 0 Å². The SMILES string of the molecule is C[Si](C)(C1=[C]([Zr][C]2=CC=CC2)CC=C1)N1CCCC1.Cl.Cl. The second-order valence-corrected chi connectivity index (χ2v) is 14.2. The van der Waals surface area contributed by atoms with Gasteiger partial charge in [-0.2, -0.15) is 0 Å². The maximum absolute atomic E-state index is 2.83. The number of halogens is 2. The molecule has 0 saturated carbocycles. The molecule has 21 heavy (non-hydrogen) atoms. The maximum atomic E-state index is 2.83. The van der Waals surface area contributed by atoms with Crippen molar-refractivity contribution in [1.29, 1.82) is 0 Å². The average Bonchev–Trinajstić information content (AvgIpc) is 3.12. The molecule has 0 aromatic heterocycles. The van der Waals surface area contributed by atoms with Gasteiger partial charge in [-0.15, -0.1) is 24.8 Å². The summed E-state index contributed by atoms with van der Waals surface area (Å²) in [6, 6.07) is 0. The van der Waals surface area contributed by atoms with Gasteiger partial charge < -0.3 is 0 Å². The topological polar surface area (TPSA) is 3.24 Å². The second kappa shape index (κ2) is 8.45. The molecular weight excluding hydrogens is 396 g/mol. The zero-order chi connectivity index (χ0) is 13.3. The van der Waals surface area contributed by atoms with Crippen molar-refractivity contribution < 1.29 is 23.2 Å². The summed E-state index contributed by atoms with van der Waals surface area (Å²) in [5.74, 6) is 0. The third kappa shape index (κ3) is 4.32. The van der Waals surface area contributed by atoms with Gasteiger partial charge in [0, 0.05) is 0 Å². The fourth-order valence-corrected chi connectivity index (χ4v) is 12.2. The zero-order valence-electron chi connectivity index (χ0n) is 12.9. The monoisotopic (exact) mass is 419 g/mol. The van der Waals surface area contributed by atoms with Gasteiger partial charge in [0.05, 0.1) is 0 Å². The van der Waals surface area contributed by atoms with Crippen LogP contribution in [-0.4, -0.2) is 25.9 Å². The molecule has 1 nitrogen and oxygen atoms in total. The van der Waals surface area contributed by atoms with Crippen molar-refractivity contribution in [2.24, 2.45) is 0 Å². The zero-order valence-corrected chi connectivity index (χ0v) is 18.0. The van der Waals surface area contributed by atoms with E-state index in [1.807, 2.05) is 3.28 Å². The van der Waals surface area contributed by atoms with E-state index in [0.29, 0.717) is 0 Å². The van der Waals surface area contributed by atoms with Crippen LogP contribution in [0.4, 0.5) is 0 Å². The van der Waals surface area contributed by atoms with Crippen LogP contribution >= 0.6 is 24.8 Å². The predicted molar refractivity (Wildman–Crippen MR) is 95.4 cm³/mol. The molecule has 116 valence electrons. The van der Waals surface area contributed by atoms with Gasteiger partial charge in [0.1, 0.15) is 0 Å². The first-order chi connectivity index (χ1) is 9.18. The van der Waals surface area contributed by atoms with Gasteiger partial charge in [0.25, 0.3) is 0 Å². The molecule has 1 aliphatic heterocycles. The van der Waals surface area contributed by atoms with Gasteiger partial charge in [-0.1, -0.05) is 0 Å². The molecule has 0 amide bonds. The Morgan fingerprint density at radius 2 is 1.76 bits per heavy atom. The van der Waals surface area contributed by atoms with E-state index < -0.39 is 31.5 Å². The van der Waals surface area contributed by atoms with Crippen molar-refractivity contribution in [3.8, 4) is 0 Å². The quantitative estimate of drug-likeness (QED) is 0.589. The Bertz CT molecular complexity index is 489. The summed E-state index contributed by atoms with van der Waals surface area (Å²) in [5.41, 5.74) is 0. The molecule has 0 N–H and O–H groups in total. The molecule has 3 aliphatic rings. The first-order valence-electron chi connectivity index (χ1n) is 7.46. The van der Waals surface area contributed by atoms with Gasteiger partial charge >= 0.3 is 130 Å². The van der Waals surface area contributed by atoms with Crippen LogP contribution in [-0.2, 0) is 23.2 Å². The Morgan fingerprint density at radius 3 is 2.38 bits per heavy atom. The molecule has 0 radical (unpaired) electrons. The maximum Gasteiger partial charge on any atom is -0.147 e. The first-order valence-corrected chi connectivity index (χ1v) is 12.9. The Labute approximate surface area is 154 Å². The molecule has 2 aliphatic carbocycles. The number of hydrogen-bond acceptors (Lipinski definition) is 1. The normalized spacial score (nSPS) is 21.3. The molecule has 1 fully saturated rings. The van der Waals surface area contributed by atoms with E-state index in [4.69, 9.17) is 0 Å².